The van der Waals surface area contributed by atoms with Gasteiger partial charge in [-0.3, -0.25) is 0 Å². The van der Waals surface area contributed by atoms with Gasteiger partial charge < -0.3 is 10.2 Å². The highest BCUT2D eigenvalue weighted by Gasteiger charge is 2.21. The van der Waals surface area contributed by atoms with Crippen molar-refractivity contribution in [3.8, 4) is 0 Å². The lowest BCUT2D eigenvalue weighted by Crippen LogP contribution is -2.44. The average Bonchev–Trinajstić information content (AvgIpc) is 2.23. The minimum absolute atomic E-state index is 0.000278. The number of allylic oxidation sites excluding steroid dienone is 2. The van der Waals surface area contributed by atoms with E-state index in [0.29, 0.717) is 0 Å². The highest BCUT2D eigenvalue weighted by atomic mass is 16.2. The Morgan fingerprint density at radius 1 is 1.29 bits per heavy atom. The number of rotatable bonds is 0. The minimum atomic E-state index is 0.000278. The molecule has 1 aliphatic carbocycles. The summed E-state index contributed by atoms with van der Waals surface area (Å²) >= 11 is 0. The number of carbonyl (C=O) groups is 1. The second kappa shape index (κ2) is 4.84. The van der Waals surface area contributed by atoms with Crippen molar-refractivity contribution in [2.45, 2.75) is 26.7 Å². The number of amides is 2. The maximum Gasteiger partial charge on any atom is 0.321 e. The minimum Gasteiger partial charge on any atom is -0.323 e. The van der Waals surface area contributed by atoms with Crippen LogP contribution in [0.4, 0.5) is 4.79 Å². The summed E-state index contributed by atoms with van der Waals surface area (Å²) in [5.41, 5.74) is 2.27. The molecule has 78 valence electrons. The normalized spacial score (nSPS) is 19.6. The van der Waals surface area contributed by atoms with Gasteiger partial charge in [-0.25, -0.2) is 4.79 Å². The Kier molecular flexibility index (Phi) is 3.74. The molecule has 1 aliphatic heterocycles. The van der Waals surface area contributed by atoms with Gasteiger partial charge in [0.2, 0.25) is 0 Å². The van der Waals surface area contributed by atoms with Crippen LogP contribution in [0.5, 0.6) is 0 Å². The Balaban J connectivity index is 0.000000461. The van der Waals surface area contributed by atoms with Crippen LogP contribution in [0.2, 0.25) is 0 Å². The number of likely N-dealkylation sites (N-methyl/N-ethyl adjacent to an activating group) is 1. The molecule has 0 spiro atoms. The lowest BCUT2D eigenvalue weighted by Gasteiger charge is -2.29. The number of hydrogen-bond acceptors (Lipinski definition) is 1. The smallest absolute Gasteiger partial charge is 0.321 e. The molecule has 0 radical (unpaired) electrons. The number of nitrogens with one attached hydrogen (secondary N) is 1. The van der Waals surface area contributed by atoms with Gasteiger partial charge in [-0.05, 0) is 18.4 Å². The van der Waals surface area contributed by atoms with E-state index in [1.165, 1.54) is 5.57 Å². The number of carbonyl (C=O) groups excluding carboxylic acids is 1. The number of hydrogen-bond donors (Lipinski definition) is 1. The SMILES string of the molecule is CC.CN1CC2=CCCC=C2NC1=O. The Hall–Kier alpha value is -1.25. The van der Waals surface area contributed by atoms with Crippen molar-refractivity contribution in [3.05, 3.63) is 23.4 Å². The summed E-state index contributed by atoms with van der Waals surface area (Å²) in [6, 6.07) is 0.000278. The van der Waals surface area contributed by atoms with Crippen molar-refractivity contribution in [1.29, 1.82) is 0 Å². The zero-order chi connectivity index (χ0) is 10.6. The zero-order valence-electron chi connectivity index (χ0n) is 9.13. The topological polar surface area (TPSA) is 32.3 Å². The average molecular weight is 194 g/mol. The van der Waals surface area contributed by atoms with Crippen LogP contribution in [0.15, 0.2) is 23.4 Å². The first-order valence-electron chi connectivity index (χ1n) is 5.19. The Morgan fingerprint density at radius 3 is 2.64 bits per heavy atom. The molecule has 1 fully saturated rings. The molecule has 0 atom stereocenters. The van der Waals surface area contributed by atoms with Crippen molar-refractivity contribution >= 4 is 6.03 Å². The van der Waals surface area contributed by atoms with Crippen LogP contribution in [0, 0.1) is 0 Å². The third-order valence-electron chi connectivity index (χ3n) is 2.25. The first-order valence-corrected chi connectivity index (χ1v) is 5.19. The van der Waals surface area contributed by atoms with Gasteiger partial charge in [0.15, 0.2) is 0 Å². The molecule has 2 amide bonds. The van der Waals surface area contributed by atoms with Crippen molar-refractivity contribution in [2.24, 2.45) is 0 Å². The van der Waals surface area contributed by atoms with Gasteiger partial charge in [0.25, 0.3) is 0 Å². The van der Waals surface area contributed by atoms with Crippen molar-refractivity contribution in [3.63, 3.8) is 0 Å². The van der Waals surface area contributed by atoms with Crippen molar-refractivity contribution in [1.82, 2.24) is 10.2 Å². The lowest BCUT2D eigenvalue weighted by atomic mass is 10.0. The zero-order valence-corrected chi connectivity index (χ0v) is 9.13. The van der Waals surface area contributed by atoms with E-state index < -0.39 is 0 Å². The Labute approximate surface area is 85.5 Å². The standard InChI is InChI=1S/C9H12N2O.C2H6/c1-11-6-7-4-2-3-5-8(7)10-9(11)12;1-2/h4-5H,2-3,6H2,1H3,(H,10,12);1-2H3. The molecule has 1 saturated heterocycles. The maximum absolute atomic E-state index is 11.2. The van der Waals surface area contributed by atoms with Gasteiger partial charge in [-0.1, -0.05) is 26.0 Å². The number of urea groups is 1. The molecule has 2 rings (SSSR count). The van der Waals surface area contributed by atoms with Crippen molar-refractivity contribution in [2.75, 3.05) is 13.6 Å². The Bertz CT molecular complexity index is 279. The fraction of sp³-hybridized carbons (Fsp3) is 0.545. The summed E-state index contributed by atoms with van der Waals surface area (Å²) in [4.78, 5) is 12.9. The van der Waals surface area contributed by atoms with Crippen LogP contribution in [-0.4, -0.2) is 24.5 Å². The predicted molar refractivity (Wildman–Crippen MR) is 57.9 cm³/mol. The quantitative estimate of drug-likeness (QED) is 0.630. The third-order valence-corrected chi connectivity index (χ3v) is 2.25. The fourth-order valence-corrected chi connectivity index (χ4v) is 1.55. The summed E-state index contributed by atoms with van der Waals surface area (Å²) in [6.07, 6.45) is 6.44. The van der Waals surface area contributed by atoms with Crippen molar-refractivity contribution < 1.29 is 4.79 Å². The van der Waals surface area contributed by atoms with E-state index in [9.17, 15) is 4.79 Å². The van der Waals surface area contributed by atoms with Gasteiger partial charge in [0.05, 0.1) is 0 Å². The van der Waals surface area contributed by atoms with Gasteiger partial charge in [0, 0.05) is 19.3 Å². The molecule has 0 saturated carbocycles. The molecule has 0 unspecified atom stereocenters. The highest BCUT2D eigenvalue weighted by molar-refractivity contribution is 5.79. The van der Waals surface area contributed by atoms with Gasteiger partial charge in [-0.2, -0.15) is 0 Å². The molecule has 0 bridgehead atoms. The summed E-state index contributed by atoms with van der Waals surface area (Å²) in [5, 5.41) is 2.85. The van der Waals surface area contributed by atoms with Gasteiger partial charge in [0.1, 0.15) is 0 Å². The summed E-state index contributed by atoms with van der Waals surface area (Å²) in [6.45, 7) is 4.75. The molecular weight excluding hydrogens is 176 g/mol. The van der Waals surface area contributed by atoms with Crippen LogP contribution in [-0.2, 0) is 0 Å². The predicted octanol–water partition coefficient (Wildman–Crippen LogP) is 2.27. The molecule has 0 aromatic rings. The molecular formula is C11H18N2O. The van der Waals surface area contributed by atoms with Gasteiger partial charge >= 0.3 is 6.03 Å². The van der Waals surface area contributed by atoms with E-state index >= 15 is 0 Å². The second-order valence-electron chi connectivity index (χ2n) is 3.21. The third kappa shape index (κ3) is 2.16. The van der Waals surface area contributed by atoms with Crippen LogP contribution in [0.3, 0.4) is 0 Å². The van der Waals surface area contributed by atoms with E-state index in [4.69, 9.17) is 0 Å². The molecule has 14 heavy (non-hydrogen) atoms. The van der Waals surface area contributed by atoms with E-state index in [0.717, 1.165) is 25.1 Å². The number of nitrogens with zero attached hydrogens (tertiary/aromatic N) is 1. The summed E-state index contributed by atoms with van der Waals surface area (Å²) < 4.78 is 0. The maximum atomic E-state index is 11.2. The molecule has 2 aliphatic rings. The number of fused-ring (bicyclic) bond motifs is 1. The first kappa shape index (κ1) is 10.8. The van der Waals surface area contributed by atoms with E-state index in [1.807, 2.05) is 20.9 Å². The monoisotopic (exact) mass is 194 g/mol. The first-order chi connectivity index (χ1) is 6.77. The van der Waals surface area contributed by atoms with E-state index in [-0.39, 0.29) is 6.03 Å². The van der Waals surface area contributed by atoms with Crippen LogP contribution in [0.1, 0.15) is 26.7 Å². The molecule has 3 heteroatoms. The summed E-state index contributed by atoms with van der Waals surface area (Å²) in [5.74, 6) is 0. The van der Waals surface area contributed by atoms with Crippen LogP contribution in [0.25, 0.3) is 0 Å². The second-order valence-corrected chi connectivity index (χ2v) is 3.21. The van der Waals surface area contributed by atoms with Crippen LogP contribution < -0.4 is 5.32 Å². The fourth-order valence-electron chi connectivity index (χ4n) is 1.55. The van der Waals surface area contributed by atoms with E-state index in [2.05, 4.69) is 17.5 Å². The molecule has 1 heterocycles. The van der Waals surface area contributed by atoms with Gasteiger partial charge in [-0.15, -0.1) is 0 Å². The Morgan fingerprint density at radius 2 is 1.93 bits per heavy atom. The highest BCUT2D eigenvalue weighted by Crippen LogP contribution is 2.20. The molecule has 0 aromatic heterocycles. The van der Waals surface area contributed by atoms with Crippen LogP contribution >= 0.6 is 0 Å². The molecule has 1 N–H and O–H groups in total. The largest absolute Gasteiger partial charge is 0.323 e. The molecule has 0 aromatic carbocycles. The lowest BCUT2D eigenvalue weighted by molar-refractivity contribution is 0.211. The van der Waals surface area contributed by atoms with E-state index in [1.54, 1.807) is 4.90 Å². The molecule has 3 nitrogen and oxygen atoms in total. The summed E-state index contributed by atoms with van der Waals surface area (Å²) in [7, 11) is 1.81.